The van der Waals surface area contributed by atoms with E-state index < -0.39 is 25.5 Å². The molecule has 2 rings (SSSR count). The van der Waals surface area contributed by atoms with Crippen molar-refractivity contribution in [1.29, 1.82) is 0 Å². The van der Waals surface area contributed by atoms with Crippen LogP contribution in [0.25, 0.3) is 0 Å². The lowest BCUT2D eigenvalue weighted by molar-refractivity contribution is -0.387. The largest absolute Gasteiger partial charge is 0.385 e. The molecule has 0 unspecified atom stereocenters. The predicted molar refractivity (Wildman–Crippen MR) is 74.6 cm³/mol. The summed E-state index contributed by atoms with van der Waals surface area (Å²) in [6, 6.07) is 5.07. The van der Waals surface area contributed by atoms with E-state index in [2.05, 4.69) is 19.7 Å². The summed E-state index contributed by atoms with van der Waals surface area (Å²) in [7, 11) is -4.13. The fourth-order valence-electron chi connectivity index (χ4n) is 1.66. The zero-order valence-corrected chi connectivity index (χ0v) is 11.8. The average Bonchev–Trinajstić information content (AvgIpc) is 2.91. The van der Waals surface area contributed by atoms with Crippen LogP contribution < -0.4 is 10.0 Å². The number of hydrogen-bond donors (Lipinski definition) is 2. The highest BCUT2D eigenvalue weighted by atomic mass is 32.2. The zero-order valence-electron chi connectivity index (χ0n) is 10.9. The molecule has 0 fully saturated rings. The van der Waals surface area contributed by atoms with Crippen LogP contribution in [-0.2, 0) is 10.0 Å². The molecule has 0 saturated heterocycles. The molecule has 21 heavy (non-hydrogen) atoms. The number of anilines is 2. The molecule has 1 aromatic carbocycles. The van der Waals surface area contributed by atoms with Gasteiger partial charge in [-0.1, -0.05) is 5.16 Å². The molecule has 0 aliphatic heterocycles. The number of aromatic nitrogens is 1. The third kappa shape index (κ3) is 3.28. The number of nitro groups is 1. The lowest BCUT2D eigenvalue weighted by Crippen LogP contribution is -2.15. The molecule has 0 saturated carbocycles. The van der Waals surface area contributed by atoms with Crippen LogP contribution in [0.1, 0.15) is 6.92 Å². The minimum absolute atomic E-state index is 0.0555. The fourth-order valence-corrected chi connectivity index (χ4v) is 2.81. The summed E-state index contributed by atoms with van der Waals surface area (Å²) in [5, 5.41) is 17.4. The predicted octanol–water partition coefficient (Wildman–Crippen LogP) is 1.82. The molecule has 0 atom stereocenters. The number of hydrogen-bond acceptors (Lipinski definition) is 7. The van der Waals surface area contributed by atoms with E-state index >= 15 is 0 Å². The minimum atomic E-state index is -4.13. The van der Waals surface area contributed by atoms with E-state index in [9.17, 15) is 18.5 Å². The molecule has 9 nitrogen and oxygen atoms in total. The molecule has 0 spiro atoms. The fraction of sp³-hybridized carbons (Fsp3) is 0.182. The molecule has 0 bridgehead atoms. The van der Waals surface area contributed by atoms with E-state index in [4.69, 9.17) is 0 Å². The standard InChI is InChI=1S/C11H12N4O5S/c1-2-12-8-3-4-10(9(7-8)15(16)17)21(18,19)14-11-5-6-20-13-11/h3-7,12H,2H2,1H3,(H,13,14). The molecule has 0 radical (unpaired) electrons. The van der Waals surface area contributed by atoms with E-state index in [-0.39, 0.29) is 5.82 Å². The second-order valence-electron chi connectivity index (χ2n) is 3.96. The molecule has 1 heterocycles. The smallest absolute Gasteiger partial charge is 0.291 e. The van der Waals surface area contributed by atoms with Crippen LogP contribution in [0.3, 0.4) is 0 Å². The third-order valence-electron chi connectivity index (χ3n) is 2.50. The molecular weight excluding hydrogens is 300 g/mol. The normalized spacial score (nSPS) is 11.1. The Morgan fingerprint density at radius 1 is 1.38 bits per heavy atom. The van der Waals surface area contributed by atoms with Crippen LogP contribution in [0.4, 0.5) is 17.2 Å². The Balaban J connectivity index is 2.44. The average molecular weight is 312 g/mol. The van der Waals surface area contributed by atoms with Crippen LogP contribution in [0.2, 0.25) is 0 Å². The van der Waals surface area contributed by atoms with Gasteiger partial charge in [0, 0.05) is 24.4 Å². The summed E-state index contributed by atoms with van der Waals surface area (Å²) in [5.41, 5.74) is -0.0611. The number of sulfonamides is 1. The van der Waals surface area contributed by atoms with Crippen molar-refractivity contribution in [3.63, 3.8) is 0 Å². The molecule has 2 N–H and O–H groups in total. The first-order valence-electron chi connectivity index (χ1n) is 5.89. The second-order valence-corrected chi connectivity index (χ2v) is 5.61. The summed E-state index contributed by atoms with van der Waals surface area (Å²) in [4.78, 5) is 9.88. The summed E-state index contributed by atoms with van der Waals surface area (Å²) in [6.07, 6.45) is 1.18. The Kier molecular flexibility index (Phi) is 4.08. The van der Waals surface area contributed by atoms with Crippen molar-refractivity contribution in [1.82, 2.24) is 5.16 Å². The third-order valence-corrected chi connectivity index (χ3v) is 3.90. The highest BCUT2D eigenvalue weighted by Crippen LogP contribution is 2.28. The topological polar surface area (TPSA) is 127 Å². The molecular formula is C11H12N4O5S. The van der Waals surface area contributed by atoms with Crippen molar-refractivity contribution in [2.75, 3.05) is 16.6 Å². The van der Waals surface area contributed by atoms with Gasteiger partial charge in [-0.3, -0.25) is 14.8 Å². The van der Waals surface area contributed by atoms with Crippen LogP contribution in [0.5, 0.6) is 0 Å². The van der Waals surface area contributed by atoms with Crippen LogP contribution in [0.15, 0.2) is 39.9 Å². The van der Waals surface area contributed by atoms with E-state index in [1.807, 2.05) is 6.92 Å². The maximum Gasteiger partial charge on any atom is 0.291 e. The van der Waals surface area contributed by atoms with Crippen molar-refractivity contribution in [2.24, 2.45) is 0 Å². The molecule has 10 heteroatoms. The van der Waals surface area contributed by atoms with E-state index in [0.717, 1.165) is 0 Å². The SMILES string of the molecule is CCNc1ccc(S(=O)(=O)Nc2ccon2)c([N+](=O)[O-])c1. The maximum atomic E-state index is 12.2. The lowest BCUT2D eigenvalue weighted by Gasteiger charge is -2.08. The van der Waals surface area contributed by atoms with E-state index in [0.29, 0.717) is 12.2 Å². The van der Waals surface area contributed by atoms with Crippen LogP contribution in [-0.4, -0.2) is 25.0 Å². The van der Waals surface area contributed by atoms with Gasteiger partial charge < -0.3 is 9.84 Å². The summed E-state index contributed by atoms with van der Waals surface area (Å²) in [6.45, 7) is 2.38. The van der Waals surface area contributed by atoms with Crippen LogP contribution in [0, 0.1) is 10.1 Å². The van der Waals surface area contributed by atoms with Gasteiger partial charge in [0.1, 0.15) is 6.26 Å². The van der Waals surface area contributed by atoms with Crippen molar-refractivity contribution >= 4 is 27.2 Å². The van der Waals surface area contributed by atoms with Gasteiger partial charge >= 0.3 is 0 Å². The van der Waals surface area contributed by atoms with Crippen molar-refractivity contribution in [3.8, 4) is 0 Å². The molecule has 0 aliphatic carbocycles. The number of nitrogens with one attached hydrogen (secondary N) is 2. The van der Waals surface area contributed by atoms with Gasteiger partial charge in [0.25, 0.3) is 15.7 Å². The quantitative estimate of drug-likeness (QED) is 0.615. The highest BCUT2D eigenvalue weighted by molar-refractivity contribution is 7.92. The Bertz CT molecular complexity index is 742. The summed E-state index contributed by atoms with van der Waals surface area (Å²) < 4.78 is 31.0. The number of nitro benzene ring substituents is 1. The minimum Gasteiger partial charge on any atom is -0.385 e. The Labute approximate surface area is 120 Å². The second kappa shape index (κ2) is 5.79. The first kappa shape index (κ1) is 14.8. The summed E-state index contributed by atoms with van der Waals surface area (Å²) in [5.74, 6) is -0.0555. The molecule has 0 aliphatic rings. The maximum absolute atomic E-state index is 12.2. The Morgan fingerprint density at radius 3 is 2.71 bits per heavy atom. The van der Waals surface area contributed by atoms with Crippen LogP contribution >= 0.6 is 0 Å². The zero-order chi connectivity index (χ0) is 15.5. The van der Waals surface area contributed by atoms with Gasteiger partial charge in [-0.25, -0.2) is 8.42 Å². The van der Waals surface area contributed by atoms with Crippen molar-refractivity contribution < 1.29 is 17.9 Å². The van der Waals surface area contributed by atoms with Gasteiger partial charge in [-0.05, 0) is 19.1 Å². The first-order valence-corrected chi connectivity index (χ1v) is 7.38. The van der Waals surface area contributed by atoms with E-state index in [1.54, 1.807) is 0 Å². The lowest BCUT2D eigenvalue weighted by atomic mass is 10.3. The molecule has 0 amide bonds. The molecule has 112 valence electrons. The number of nitrogens with zero attached hydrogens (tertiary/aromatic N) is 2. The van der Waals surface area contributed by atoms with Gasteiger partial charge in [-0.2, -0.15) is 0 Å². The van der Waals surface area contributed by atoms with Gasteiger partial charge in [0.05, 0.1) is 4.92 Å². The number of rotatable bonds is 6. The Morgan fingerprint density at radius 2 is 2.14 bits per heavy atom. The Hall–Kier alpha value is -2.62. The van der Waals surface area contributed by atoms with Crippen molar-refractivity contribution in [3.05, 3.63) is 40.6 Å². The van der Waals surface area contributed by atoms with E-state index in [1.165, 1.54) is 30.5 Å². The number of benzene rings is 1. The van der Waals surface area contributed by atoms with Gasteiger partial charge in [-0.15, -0.1) is 0 Å². The highest BCUT2D eigenvalue weighted by Gasteiger charge is 2.26. The molecule has 2 aromatic rings. The first-order chi connectivity index (χ1) is 9.94. The van der Waals surface area contributed by atoms with Gasteiger partial charge in [0.2, 0.25) is 0 Å². The van der Waals surface area contributed by atoms with Crippen molar-refractivity contribution in [2.45, 2.75) is 11.8 Å². The molecule has 1 aromatic heterocycles. The monoisotopic (exact) mass is 312 g/mol. The van der Waals surface area contributed by atoms with Gasteiger partial charge in [0.15, 0.2) is 10.7 Å². The summed E-state index contributed by atoms with van der Waals surface area (Å²) >= 11 is 0.